The van der Waals surface area contributed by atoms with Gasteiger partial charge in [-0.3, -0.25) is 14.9 Å². The van der Waals surface area contributed by atoms with Crippen LogP contribution in [0.4, 0.5) is 5.69 Å². The molecule has 1 saturated heterocycles. The van der Waals surface area contributed by atoms with E-state index < -0.39 is 26.7 Å². The van der Waals surface area contributed by atoms with Gasteiger partial charge < -0.3 is 15.4 Å². The molecule has 1 aliphatic heterocycles. The predicted molar refractivity (Wildman–Crippen MR) is 95.9 cm³/mol. The smallest absolute Gasteiger partial charge is 0.312 e. The first kappa shape index (κ1) is 22.1. The van der Waals surface area contributed by atoms with Gasteiger partial charge in [0.05, 0.1) is 23.0 Å². The maximum absolute atomic E-state index is 12.7. The molecule has 0 aromatic heterocycles. The van der Waals surface area contributed by atoms with Crippen LogP contribution in [0.15, 0.2) is 23.1 Å². The van der Waals surface area contributed by atoms with Gasteiger partial charge in [-0.15, -0.1) is 12.4 Å². The molecule has 0 bridgehead atoms. The lowest BCUT2D eigenvalue weighted by Gasteiger charge is -2.34. The number of nitrogens with two attached hydrogens (primary N) is 1. The van der Waals surface area contributed by atoms with E-state index in [1.54, 1.807) is 6.92 Å². The Labute approximate surface area is 157 Å². The molecule has 1 aliphatic rings. The van der Waals surface area contributed by atoms with Crippen molar-refractivity contribution in [2.24, 2.45) is 5.73 Å². The average Bonchev–Trinajstić information content (AvgIpc) is 2.60. The summed E-state index contributed by atoms with van der Waals surface area (Å²) >= 11 is 0. The standard InChI is InChI=1S/C14H20N4O6S.ClH/c1-10(15)14(19)16-5-7-17(8-6-16)25(22,23)11-3-4-13(24-2)12(9-11)18(20)21;/h3-4,9-10H,5-8,15H2,1-2H3;1H/t10-;/m1./s1. The molecule has 1 heterocycles. The fourth-order valence-corrected chi connectivity index (χ4v) is 4.00. The molecule has 12 heteroatoms. The molecule has 1 aromatic rings. The van der Waals surface area contributed by atoms with Crippen LogP contribution >= 0.6 is 12.4 Å². The molecule has 0 saturated carbocycles. The number of halogens is 1. The molecule has 2 rings (SSSR count). The zero-order valence-electron chi connectivity index (χ0n) is 14.3. The van der Waals surface area contributed by atoms with E-state index in [0.717, 1.165) is 6.07 Å². The Morgan fingerprint density at radius 2 is 1.88 bits per heavy atom. The minimum Gasteiger partial charge on any atom is -0.490 e. The Morgan fingerprint density at radius 3 is 2.35 bits per heavy atom. The van der Waals surface area contributed by atoms with E-state index in [0.29, 0.717) is 0 Å². The largest absolute Gasteiger partial charge is 0.490 e. The summed E-state index contributed by atoms with van der Waals surface area (Å²) in [5.41, 5.74) is 5.13. The van der Waals surface area contributed by atoms with Gasteiger partial charge in [-0.2, -0.15) is 4.31 Å². The first-order valence-corrected chi connectivity index (χ1v) is 8.99. The molecular formula is C14H21ClN4O6S. The van der Waals surface area contributed by atoms with Gasteiger partial charge in [0.2, 0.25) is 15.9 Å². The van der Waals surface area contributed by atoms with Gasteiger partial charge in [0.15, 0.2) is 5.75 Å². The number of carbonyl (C=O) groups is 1. The number of nitro benzene ring substituents is 1. The van der Waals surface area contributed by atoms with E-state index >= 15 is 0 Å². The van der Waals surface area contributed by atoms with Crippen molar-refractivity contribution in [2.75, 3.05) is 33.3 Å². The maximum atomic E-state index is 12.7. The third-order valence-electron chi connectivity index (χ3n) is 3.92. The van der Waals surface area contributed by atoms with Crippen LogP contribution in [-0.2, 0) is 14.8 Å². The molecule has 1 amide bonds. The molecule has 0 spiro atoms. The molecule has 10 nitrogen and oxygen atoms in total. The topological polar surface area (TPSA) is 136 Å². The summed E-state index contributed by atoms with van der Waals surface area (Å²) in [7, 11) is -2.64. The second-order valence-corrected chi connectivity index (χ2v) is 7.55. The normalized spacial score (nSPS) is 16.5. The zero-order chi connectivity index (χ0) is 18.8. The molecule has 1 atom stereocenters. The Balaban J connectivity index is 0.00000338. The van der Waals surface area contributed by atoms with Gasteiger partial charge in [-0.05, 0) is 19.1 Å². The van der Waals surface area contributed by atoms with E-state index in [4.69, 9.17) is 10.5 Å². The summed E-state index contributed by atoms with van der Waals surface area (Å²) < 4.78 is 31.5. The highest BCUT2D eigenvalue weighted by molar-refractivity contribution is 7.89. The number of benzene rings is 1. The Bertz CT molecular complexity index is 778. The summed E-state index contributed by atoms with van der Waals surface area (Å²) in [6, 6.07) is 2.85. The monoisotopic (exact) mass is 408 g/mol. The highest BCUT2D eigenvalue weighted by Crippen LogP contribution is 2.30. The number of rotatable bonds is 5. The number of nitrogens with zero attached hydrogens (tertiary/aromatic N) is 3. The van der Waals surface area contributed by atoms with Crippen molar-refractivity contribution in [3.05, 3.63) is 28.3 Å². The zero-order valence-corrected chi connectivity index (χ0v) is 16.0. The number of carbonyl (C=O) groups excluding carboxylic acids is 1. The SMILES string of the molecule is COc1ccc(S(=O)(=O)N2CCN(C(=O)[C@@H](C)N)CC2)cc1[N+](=O)[O-].Cl. The molecule has 146 valence electrons. The third kappa shape index (κ3) is 4.41. The van der Waals surface area contributed by atoms with E-state index in [9.17, 15) is 23.3 Å². The molecular weight excluding hydrogens is 388 g/mol. The summed E-state index contributed by atoms with van der Waals surface area (Å²) in [6.07, 6.45) is 0. The molecule has 0 radical (unpaired) electrons. The van der Waals surface area contributed by atoms with Crippen LogP contribution < -0.4 is 10.5 Å². The van der Waals surface area contributed by atoms with Crippen LogP contribution in [0.3, 0.4) is 0 Å². The number of ether oxygens (including phenoxy) is 1. The Hall–Kier alpha value is -1.95. The van der Waals surface area contributed by atoms with Crippen molar-refractivity contribution in [1.82, 2.24) is 9.21 Å². The fourth-order valence-electron chi connectivity index (χ4n) is 2.56. The van der Waals surface area contributed by atoms with Gasteiger partial charge in [0, 0.05) is 32.2 Å². The van der Waals surface area contributed by atoms with Crippen LogP contribution in [-0.4, -0.2) is 67.8 Å². The first-order chi connectivity index (χ1) is 11.7. The predicted octanol–water partition coefficient (Wildman–Crippen LogP) is 0.205. The molecule has 2 N–H and O–H groups in total. The summed E-state index contributed by atoms with van der Waals surface area (Å²) in [4.78, 5) is 23.6. The maximum Gasteiger partial charge on any atom is 0.312 e. The lowest BCUT2D eigenvalue weighted by molar-refractivity contribution is -0.386. The molecule has 26 heavy (non-hydrogen) atoms. The number of hydrogen-bond acceptors (Lipinski definition) is 7. The quantitative estimate of drug-likeness (QED) is 0.543. The number of methoxy groups -OCH3 is 1. The molecule has 0 unspecified atom stereocenters. The van der Waals surface area contributed by atoms with Crippen molar-refractivity contribution in [3.63, 3.8) is 0 Å². The van der Waals surface area contributed by atoms with Crippen LogP contribution in [0.25, 0.3) is 0 Å². The number of hydrogen-bond donors (Lipinski definition) is 1. The summed E-state index contributed by atoms with van der Waals surface area (Å²) in [6.45, 7) is 2.21. The fraction of sp³-hybridized carbons (Fsp3) is 0.500. The van der Waals surface area contributed by atoms with Gasteiger partial charge in [0.1, 0.15) is 0 Å². The van der Waals surface area contributed by atoms with Gasteiger partial charge >= 0.3 is 5.69 Å². The highest BCUT2D eigenvalue weighted by Gasteiger charge is 2.32. The second kappa shape index (κ2) is 8.62. The van der Waals surface area contributed by atoms with E-state index in [1.165, 1.54) is 28.4 Å². The lowest BCUT2D eigenvalue weighted by atomic mass is 10.2. The summed E-state index contributed by atoms with van der Waals surface area (Å²) in [5.74, 6) is -0.256. The molecule has 1 aromatic carbocycles. The van der Waals surface area contributed by atoms with Gasteiger partial charge in [-0.1, -0.05) is 0 Å². The minimum absolute atomic E-state index is 0. The molecule has 0 aliphatic carbocycles. The first-order valence-electron chi connectivity index (χ1n) is 7.55. The molecule has 1 fully saturated rings. The second-order valence-electron chi connectivity index (χ2n) is 5.61. The van der Waals surface area contributed by atoms with E-state index in [1.807, 2.05) is 0 Å². The van der Waals surface area contributed by atoms with E-state index in [2.05, 4.69) is 0 Å². The van der Waals surface area contributed by atoms with Crippen molar-refractivity contribution in [2.45, 2.75) is 17.9 Å². The average molecular weight is 409 g/mol. The van der Waals surface area contributed by atoms with Crippen molar-refractivity contribution >= 4 is 34.0 Å². The minimum atomic E-state index is -3.91. The van der Waals surface area contributed by atoms with Gasteiger partial charge in [0.25, 0.3) is 0 Å². The summed E-state index contributed by atoms with van der Waals surface area (Å²) in [5, 5.41) is 11.1. The number of amides is 1. The third-order valence-corrected chi connectivity index (χ3v) is 5.82. The van der Waals surface area contributed by atoms with Crippen LogP contribution in [0.5, 0.6) is 5.75 Å². The van der Waals surface area contributed by atoms with Crippen molar-refractivity contribution in [3.8, 4) is 5.75 Å². The van der Waals surface area contributed by atoms with Crippen LogP contribution in [0.1, 0.15) is 6.92 Å². The highest BCUT2D eigenvalue weighted by atomic mass is 35.5. The van der Waals surface area contributed by atoms with E-state index in [-0.39, 0.29) is 55.1 Å². The number of nitro groups is 1. The van der Waals surface area contributed by atoms with Crippen molar-refractivity contribution in [1.29, 1.82) is 0 Å². The number of sulfonamides is 1. The Kier molecular flexibility index (Phi) is 7.33. The van der Waals surface area contributed by atoms with Crippen LogP contribution in [0, 0.1) is 10.1 Å². The van der Waals surface area contributed by atoms with Crippen LogP contribution in [0.2, 0.25) is 0 Å². The van der Waals surface area contributed by atoms with Gasteiger partial charge in [-0.25, -0.2) is 8.42 Å². The Morgan fingerprint density at radius 1 is 1.31 bits per heavy atom. The number of piperazine rings is 1. The van der Waals surface area contributed by atoms with Crippen molar-refractivity contribution < 1.29 is 22.9 Å². The lowest BCUT2D eigenvalue weighted by Crippen LogP contribution is -2.53.